The van der Waals surface area contributed by atoms with Crippen LogP contribution in [0.1, 0.15) is 65.7 Å². The van der Waals surface area contributed by atoms with Gasteiger partial charge in [-0.05, 0) is 39.0 Å². The molecule has 22 nitrogen and oxygen atoms in total. The predicted octanol–water partition coefficient (Wildman–Crippen LogP) is -1.74. The van der Waals surface area contributed by atoms with Crippen LogP contribution in [0.2, 0.25) is 0 Å². The van der Waals surface area contributed by atoms with Gasteiger partial charge in [0.05, 0.1) is 13.2 Å². The molecule has 2 aliphatic heterocycles. The number of imide groups is 2. The molecule has 11 amide bonds. The Morgan fingerprint density at radius 3 is 1.39 bits per heavy atom. The van der Waals surface area contributed by atoms with Crippen LogP contribution in [0.4, 0.5) is 9.59 Å². The van der Waals surface area contributed by atoms with E-state index in [0.29, 0.717) is 32.4 Å². The van der Waals surface area contributed by atoms with Gasteiger partial charge >= 0.3 is 12.2 Å². The lowest BCUT2D eigenvalue weighted by molar-refractivity contribution is -0.139. The van der Waals surface area contributed by atoms with Crippen LogP contribution in [0, 0.1) is 5.92 Å². The average molecular weight is 836 g/mol. The summed E-state index contributed by atoms with van der Waals surface area (Å²) in [5, 5.41) is 18.0. The lowest BCUT2D eigenvalue weighted by atomic mass is 10.0. The van der Waals surface area contributed by atoms with E-state index in [9.17, 15) is 52.7 Å². The molecular formula is C37H57N9O13. The molecule has 328 valence electrons. The van der Waals surface area contributed by atoms with Crippen molar-refractivity contribution in [2.45, 2.75) is 71.8 Å². The molecule has 2 heterocycles. The van der Waals surface area contributed by atoms with Crippen LogP contribution in [-0.4, -0.2) is 147 Å². The zero-order valence-electron chi connectivity index (χ0n) is 34.0. The molecule has 1 atom stereocenters. The smallest absolute Gasteiger partial charge is 0.407 e. The Balaban J connectivity index is 0.000000703. The minimum absolute atomic E-state index is 0.0181. The molecule has 0 spiro atoms. The predicted molar refractivity (Wildman–Crippen MR) is 208 cm³/mol. The Kier molecular flexibility index (Phi) is 24.9. The van der Waals surface area contributed by atoms with Gasteiger partial charge in [0.1, 0.15) is 6.04 Å². The summed E-state index contributed by atoms with van der Waals surface area (Å²) in [6.45, 7) is 6.87. The third-order valence-corrected chi connectivity index (χ3v) is 8.13. The highest BCUT2D eigenvalue weighted by Crippen LogP contribution is 2.08. The molecule has 0 fully saturated rings. The van der Waals surface area contributed by atoms with Gasteiger partial charge in [-0.15, -0.1) is 0 Å². The summed E-state index contributed by atoms with van der Waals surface area (Å²) in [7, 11) is 1.50. The second kappa shape index (κ2) is 29.0. The number of alkyl carbamates (subject to hydrolysis) is 2. The number of amides is 11. The molecule has 0 aromatic carbocycles. The fourth-order valence-electron chi connectivity index (χ4n) is 5.17. The van der Waals surface area contributed by atoms with Gasteiger partial charge in [-0.25, -0.2) is 9.59 Å². The Morgan fingerprint density at radius 1 is 0.576 bits per heavy atom. The highest BCUT2D eigenvalue weighted by Gasteiger charge is 2.25. The van der Waals surface area contributed by atoms with Gasteiger partial charge in [0.2, 0.25) is 29.5 Å². The molecule has 0 aliphatic carbocycles. The fourth-order valence-corrected chi connectivity index (χ4v) is 5.17. The first-order chi connectivity index (χ1) is 28.1. The van der Waals surface area contributed by atoms with Crippen molar-refractivity contribution >= 4 is 65.4 Å². The molecule has 7 N–H and O–H groups in total. The first kappa shape index (κ1) is 50.7. The molecule has 0 saturated heterocycles. The van der Waals surface area contributed by atoms with Gasteiger partial charge in [-0.1, -0.05) is 6.92 Å². The summed E-state index contributed by atoms with van der Waals surface area (Å²) < 4.78 is 9.47. The highest BCUT2D eigenvalue weighted by molar-refractivity contribution is 6.13. The van der Waals surface area contributed by atoms with Gasteiger partial charge in [-0.2, -0.15) is 0 Å². The van der Waals surface area contributed by atoms with Crippen molar-refractivity contribution < 1.29 is 62.2 Å². The van der Waals surface area contributed by atoms with Crippen LogP contribution in [0.15, 0.2) is 24.3 Å². The van der Waals surface area contributed by atoms with E-state index in [1.165, 1.54) is 7.05 Å². The van der Waals surface area contributed by atoms with E-state index in [1.54, 1.807) is 20.8 Å². The van der Waals surface area contributed by atoms with E-state index in [-0.39, 0.29) is 107 Å². The number of hydrogen-bond acceptors (Lipinski definition) is 13. The van der Waals surface area contributed by atoms with E-state index in [0.717, 1.165) is 34.1 Å². The largest absolute Gasteiger partial charge is 0.450 e. The second-order valence-electron chi connectivity index (χ2n) is 12.9. The molecule has 0 saturated carbocycles. The van der Waals surface area contributed by atoms with Crippen molar-refractivity contribution in [1.82, 2.24) is 47.0 Å². The topological polar surface area (TPSA) is 297 Å². The van der Waals surface area contributed by atoms with Crippen LogP contribution in [-0.2, 0) is 52.6 Å². The van der Waals surface area contributed by atoms with Crippen LogP contribution < -0.4 is 37.2 Å². The summed E-state index contributed by atoms with van der Waals surface area (Å²) in [5.74, 6) is -3.61. The SMILES string of the molecule is CC(CC(=O)NCCNC(=O)CCN1C(=O)C=CC1=O)CC(=O)NCCNC(=O)CCN1C(=O)C=CC1=O.CCOC(=O)NCCCCC(NC(=O)OCC)C(=O)NC. The minimum Gasteiger partial charge on any atom is -0.450 e. The van der Waals surface area contributed by atoms with Crippen molar-refractivity contribution in [3.63, 3.8) is 0 Å². The number of nitrogens with zero attached hydrogens (tertiary/aromatic N) is 2. The maximum absolute atomic E-state index is 12.0. The summed E-state index contributed by atoms with van der Waals surface area (Å²) in [5.41, 5.74) is 0. The standard InChI is InChI=1S/C24H32N6O8.C13H25N3O5/c1-16(14-19(33)27-10-8-25-17(31)6-12-29-21(35)2-3-22(29)36)15-20(34)28-11-9-26-18(32)7-13-30-23(37)4-5-24(30)38;1-4-20-12(18)15-9-7-6-8-10(11(17)14-3)16-13(19)21-5-2/h2-5,16H,6-15H2,1H3,(H,25,31)(H,26,32)(H,27,33)(H,28,34);10H,4-9H2,1-3H3,(H,14,17)(H,15,18)(H,16,19). The Morgan fingerprint density at radius 2 is 0.983 bits per heavy atom. The molecule has 1 unspecified atom stereocenters. The van der Waals surface area contributed by atoms with Gasteiger partial charge < -0.3 is 46.7 Å². The lowest BCUT2D eigenvalue weighted by Crippen LogP contribution is -2.45. The number of likely N-dealkylation sites (N-methyl/N-ethyl adjacent to an activating group) is 1. The number of rotatable bonds is 25. The first-order valence-electron chi connectivity index (χ1n) is 19.3. The number of hydrogen-bond donors (Lipinski definition) is 7. The number of ether oxygens (including phenoxy) is 2. The number of carbonyl (C=O) groups excluding carboxylic acids is 11. The van der Waals surface area contributed by atoms with E-state index in [1.807, 2.05) is 0 Å². The molecule has 0 aromatic heterocycles. The average Bonchev–Trinajstić information content (AvgIpc) is 3.69. The molecule has 0 aromatic rings. The lowest BCUT2D eigenvalue weighted by Gasteiger charge is -2.16. The molecule has 22 heteroatoms. The zero-order chi connectivity index (χ0) is 44.2. The van der Waals surface area contributed by atoms with Crippen LogP contribution in [0.3, 0.4) is 0 Å². The molecule has 59 heavy (non-hydrogen) atoms. The van der Waals surface area contributed by atoms with Gasteiger partial charge in [0.15, 0.2) is 0 Å². The monoisotopic (exact) mass is 835 g/mol. The molecule has 0 radical (unpaired) electrons. The number of carbonyl (C=O) groups is 11. The molecular weight excluding hydrogens is 778 g/mol. The van der Waals surface area contributed by atoms with E-state index in [4.69, 9.17) is 9.47 Å². The Labute approximate surface area is 342 Å². The molecule has 2 aliphatic rings. The zero-order valence-corrected chi connectivity index (χ0v) is 34.0. The van der Waals surface area contributed by atoms with Crippen molar-refractivity contribution in [3.8, 4) is 0 Å². The Bertz CT molecular complexity index is 1450. The van der Waals surface area contributed by atoms with E-state index >= 15 is 0 Å². The van der Waals surface area contributed by atoms with Gasteiger partial charge in [0.25, 0.3) is 23.6 Å². The maximum atomic E-state index is 12.0. The molecule has 2 rings (SSSR count). The van der Waals surface area contributed by atoms with Crippen LogP contribution >= 0.6 is 0 Å². The van der Waals surface area contributed by atoms with Crippen molar-refractivity contribution in [2.75, 3.05) is 66.1 Å². The number of nitrogens with one attached hydrogen (secondary N) is 7. The minimum atomic E-state index is -0.642. The second-order valence-corrected chi connectivity index (χ2v) is 12.9. The van der Waals surface area contributed by atoms with Crippen LogP contribution in [0.5, 0.6) is 0 Å². The quantitative estimate of drug-likeness (QED) is 0.0398. The summed E-state index contributed by atoms with van der Waals surface area (Å²) in [4.78, 5) is 129. The maximum Gasteiger partial charge on any atom is 0.407 e. The third-order valence-electron chi connectivity index (χ3n) is 8.13. The molecule has 0 bridgehead atoms. The van der Waals surface area contributed by atoms with Crippen molar-refractivity contribution in [1.29, 1.82) is 0 Å². The van der Waals surface area contributed by atoms with E-state index < -0.39 is 41.9 Å². The van der Waals surface area contributed by atoms with Crippen molar-refractivity contribution in [3.05, 3.63) is 24.3 Å². The summed E-state index contributed by atoms with van der Waals surface area (Å²) in [6, 6.07) is -0.642. The van der Waals surface area contributed by atoms with E-state index in [2.05, 4.69) is 37.2 Å². The van der Waals surface area contributed by atoms with Gasteiger partial charge in [-0.3, -0.25) is 53.0 Å². The highest BCUT2D eigenvalue weighted by atomic mass is 16.6. The summed E-state index contributed by atoms with van der Waals surface area (Å²) >= 11 is 0. The van der Waals surface area contributed by atoms with Crippen molar-refractivity contribution in [2.24, 2.45) is 5.92 Å². The first-order valence-corrected chi connectivity index (χ1v) is 19.3. The third kappa shape index (κ3) is 22.2. The fraction of sp³-hybridized carbons (Fsp3) is 0.595. The number of unbranched alkanes of at least 4 members (excludes halogenated alkanes) is 1. The van der Waals surface area contributed by atoms with Gasteiger partial charge in [0, 0.05) is 103 Å². The Hall–Kier alpha value is -6.35. The van der Waals surface area contributed by atoms with Crippen LogP contribution in [0.25, 0.3) is 0 Å². The summed E-state index contributed by atoms with van der Waals surface area (Å²) in [6.07, 6.45) is 5.45. The normalized spacial score (nSPS) is 13.3.